The first-order chi connectivity index (χ1) is 14.7. The fraction of sp³-hybridized carbons (Fsp3) is 0.381. The highest BCUT2D eigenvalue weighted by Gasteiger charge is 2.28. The van der Waals surface area contributed by atoms with Gasteiger partial charge in [-0.3, -0.25) is 4.79 Å². The Labute approximate surface area is 183 Å². The van der Waals surface area contributed by atoms with Crippen molar-refractivity contribution in [3.63, 3.8) is 0 Å². The Hall–Kier alpha value is -2.27. The van der Waals surface area contributed by atoms with Gasteiger partial charge in [0.25, 0.3) is 5.91 Å². The van der Waals surface area contributed by atoms with Crippen molar-refractivity contribution in [2.24, 2.45) is 0 Å². The molecule has 0 aliphatic heterocycles. The summed E-state index contributed by atoms with van der Waals surface area (Å²) in [6.45, 7) is 4.53. The molecule has 0 unspecified atom stereocenters. The molecule has 1 saturated carbocycles. The minimum atomic E-state index is -3.64. The number of rotatable bonds is 10. The van der Waals surface area contributed by atoms with Crippen LogP contribution in [0.4, 0.5) is 0 Å². The summed E-state index contributed by atoms with van der Waals surface area (Å²) in [6.07, 6.45) is 1.66. The van der Waals surface area contributed by atoms with Crippen LogP contribution in [-0.2, 0) is 26.6 Å². The molecule has 0 spiro atoms. The zero-order valence-electron chi connectivity index (χ0n) is 17.5. The monoisotopic (exact) mass is 465 g/mol. The van der Waals surface area contributed by atoms with Crippen LogP contribution in [0.1, 0.15) is 42.6 Å². The molecule has 0 aromatic heterocycles. The van der Waals surface area contributed by atoms with E-state index < -0.39 is 26.0 Å². The molecule has 2 aromatic rings. The number of benzene rings is 2. The summed E-state index contributed by atoms with van der Waals surface area (Å²) in [6, 6.07) is 12.2. The number of carbonyl (C=O) groups excluding carboxylic acids is 1. The number of amides is 1. The van der Waals surface area contributed by atoms with Gasteiger partial charge in [0.15, 0.2) is 0 Å². The molecule has 10 heteroatoms. The fourth-order valence-corrected chi connectivity index (χ4v) is 5.88. The normalized spacial score (nSPS) is 14.5. The van der Waals surface area contributed by atoms with Crippen molar-refractivity contribution in [2.75, 3.05) is 13.1 Å². The first-order valence-corrected chi connectivity index (χ1v) is 13.1. The van der Waals surface area contributed by atoms with E-state index in [-0.39, 0.29) is 27.9 Å². The quantitative estimate of drug-likeness (QED) is 0.558. The Bertz CT molecular complexity index is 1140. The van der Waals surface area contributed by atoms with Gasteiger partial charge < -0.3 is 5.32 Å². The fourth-order valence-electron chi connectivity index (χ4n) is 3.07. The molecule has 0 bridgehead atoms. The van der Waals surface area contributed by atoms with E-state index in [4.69, 9.17) is 0 Å². The van der Waals surface area contributed by atoms with Crippen LogP contribution in [0.2, 0.25) is 0 Å². The smallest absolute Gasteiger partial charge is 0.251 e. The van der Waals surface area contributed by atoms with Crippen molar-refractivity contribution in [3.05, 3.63) is 59.7 Å². The van der Waals surface area contributed by atoms with Crippen molar-refractivity contribution in [1.29, 1.82) is 0 Å². The van der Waals surface area contributed by atoms with E-state index in [1.54, 1.807) is 32.0 Å². The lowest BCUT2D eigenvalue weighted by Crippen LogP contribution is -2.30. The summed E-state index contributed by atoms with van der Waals surface area (Å²) >= 11 is 0. The van der Waals surface area contributed by atoms with E-state index in [0.717, 1.165) is 18.4 Å². The van der Waals surface area contributed by atoms with Crippen molar-refractivity contribution < 1.29 is 21.6 Å². The standard InChI is InChI=1S/C21H27N3O5S2/c1-3-24(4-2)31(28,29)19-12-8-16(9-13-19)15-22-21(25)17-6-5-7-20(14-17)30(26,27)23-18-10-11-18/h5-9,12-14,18,23H,3-4,10-11,15H2,1-2H3,(H,22,25). The van der Waals surface area contributed by atoms with Gasteiger partial charge in [0, 0.05) is 31.2 Å². The van der Waals surface area contributed by atoms with Crippen LogP contribution in [0.25, 0.3) is 0 Å². The Morgan fingerprint density at radius 1 is 0.968 bits per heavy atom. The molecular formula is C21H27N3O5S2. The second kappa shape index (κ2) is 9.47. The van der Waals surface area contributed by atoms with Crippen LogP contribution in [0, 0.1) is 0 Å². The molecule has 1 fully saturated rings. The number of hydrogen-bond donors (Lipinski definition) is 2. The molecule has 0 atom stereocenters. The lowest BCUT2D eigenvalue weighted by molar-refractivity contribution is 0.0950. The summed E-state index contributed by atoms with van der Waals surface area (Å²) in [5.41, 5.74) is 0.963. The Kier molecular flexibility index (Phi) is 7.15. The molecule has 1 aliphatic carbocycles. The summed E-state index contributed by atoms with van der Waals surface area (Å²) in [7, 11) is -7.17. The van der Waals surface area contributed by atoms with E-state index in [9.17, 15) is 21.6 Å². The zero-order valence-corrected chi connectivity index (χ0v) is 19.2. The van der Waals surface area contributed by atoms with Gasteiger partial charge >= 0.3 is 0 Å². The largest absolute Gasteiger partial charge is 0.348 e. The third-order valence-electron chi connectivity index (χ3n) is 5.03. The molecule has 31 heavy (non-hydrogen) atoms. The minimum absolute atomic E-state index is 0.0176. The Morgan fingerprint density at radius 3 is 2.19 bits per heavy atom. The van der Waals surface area contributed by atoms with Crippen LogP contribution in [0.3, 0.4) is 0 Å². The predicted molar refractivity (Wildman–Crippen MR) is 118 cm³/mol. The first kappa shape index (κ1) is 23.4. The summed E-state index contributed by atoms with van der Waals surface area (Å²) in [5.74, 6) is -0.414. The number of nitrogens with zero attached hydrogens (tertiary/aromatic N) is 1. The molecule has 3 rings (SSSR count). The average molecular weight is 466 g/mol. The van der Waals surface area contributed by atoms with E-state index in [2.05, 4.69) is 10.0 Å². The third-order valence-corrected chi connectivity index (χ3v) is 8.61. The van der Waals surface area contributed by atoms with Crippen LogP contribution in [0.5, 0.6) is 0 Å². The highest BCUT2D eigenvalue weighted by molar-refractivity contribution is 7.89. The van der Waals surface area contributed by atoms with Gasteiger partial charge in [0.2, 0.25) is 20.0 Å². The van der Waals surface area contributed by atoms with E-state index in [0.29, 0.717) is 13.1 Å². The van der Waals surface area contributed by atoms with Crippen LogP contribution >= 0.6 is 0 Å². The second-order valence-corrected chi connectivity index (χ2v) is 11.0. The van der Waals surface area contributed by atoms with Gasteiger partial charge in [0.05, 0.1) is 9.79 Å². The second-order valence-electron chi connectivity index (χ2n) is 7.34. The minimum Gasteiger partial charge on any atom is -0.348 e. The van der Waals surface area contributed by atoms with Gasteiger partial charge in [-0.2, -0.15) is 4.31 Å². The maximum Gasteiger partial charge on any atom is 0.251 e. The van der Waals surface area contributed by atoms with Gasteiger partial charge in [-0.05, 0) is 48.7 Å². The third kappa shape index (κ3) is 5.70. The van der Waals surface area contributed by atoms with Gasteiger partial charge in [-0.25, -0.2) is 21.6 Å². The van der Waals surface area contributed by atoms with Crippen molar-refractivity contribution in [1.82, 2.24) is 14.3 Å². The van der Waals surface area contributed by atoms with Crippen LogP contribution in [0.15, 0.2) is 58.3 Å². The molecule has 1 amide bonds. The van der Waals surface area contributed by atoms with Crippen molar-refractivity contribution in [3.8, 4) is 0 Å². The highest BCUT2D eigenvalue weighted by Crippen LogP contribution is 2.22. The molecular weight excluding hydrogens is 438 g/mol. The number of nitrogens with one attached hydrogen (secondary N) is 2. The lowest BCUT2D eigenvalue weighted by Gasteiger charge is -2.18. The Balaban J connectivity index is 1.65. The Morgan fingerprint density at radius 2 is 1.61 bits per heavy atom. The zero-order chi connectivity index (χ0) is 22.6. The van der Waals surface area contributed by atoms with Gasteiger partial charge in [0.1, 0.15) is 0 Å². The lowest BCUT2D eigenvalue weighted by atomic mass is 10.2. The molecule has 168 valence electrons. The predicted octanol–water partition coefficient (Wildman–Crippen LogP) is 2.09. The summed E-state index contributed by atoms with van der Waals surface area (Å²) in [4.78, 5) is 12.8. The highest BCUT2D eigenvalue weighted by atomic mass is 32.2. The molecule has 8 nitrogen and oxygen atoms in total. The average Bonchev–Trinajstić information content (AvgIpc) is 3.56. The SMILES string of the molecule is CCN(CC)S(=O)(=O)c1ccc(CNC(=O)c2cccc(S(=O)(=O)NC3CC3)c2)cc1. The number of hydrogen-bond acceptors (Lipinski definition) is 5. The topological polar surface area (TPSA) is 113 Å². The van der Waals surface area contributed by atoms with Crippen molar-refractivity contribution in [2.45, 2.75) is 49.1 Å². The molecule has 0 saturated heterocycles. The van der Waals surface area contributed by atoms with Crippen LogP contribution < -0.4 is 10.0 Å². The number of sulfonamides is 2. The van der Waals surface area contributed by atoms with E-state index >= 15 is 0 Å². The molecule has 0 radical (unpaired) electrons. The van der Waals surface area contributed by atoms with E-state index in [1.807, 2.05) is 0 Å². The van der Waals surface area contributed by atoms with Crippen molar-refractivity contribution >= 4 is 26.0 Å². The summed E-state index contributed by atoms with van der Waals surface area (Å²) in [5, 5.41) is 2.74. The maximum absolute atomic E-state index is 12.5. The molecule has 2 aromatic carbocycles. The van der Waals surface area contributed by atoms with Gasteiger partial charge in [-0.15, -0.1) is 0 Å². The maximum atomic E-state index is 12.5. The summed E-state index contributed by atoms with van der Waals surface area (Å²) < 4.78 is 53.7. The molecule has 1 aliphatic rings. The first-order valence-electron chi connectivity index (χ1n) is 10.2. The molecule has 2 N–H and O–H groups in total. The van der Waals surface area contributed by atoms with E-state index in [1.165, 1.54) is 34.6 Å². The van der Waals surface area contributed by atoms with Gasteiger partial charge in [-0.1, -0.05) is 32.0 Å². The number of carbonyl (C=O) groups is 1. The molecule has 0 heterocycles. The van der Waals surface area contributed by atoms with Crippen LogP contribution in [-0.4, -0.2) is 46.2 Å².